The van der Waals surface area contributed by atoms with Gasteiger partial charge < -0.3 is 5.32 Å². The van der Waals surface area contributed by atoms with Crippen LogP contribution in [0.3, 0.4) is 0 Å². The maximum atomic E-state index is 13.0. The van der Waals surface area contributed by atoms with Crippen molar-refractivity contribution in [1.82, 2.24) is 5.32 Å². The van der Waals surface area contributed by atoms with Gasteiger partial charge in [-0.1, -0.05) is 6.07 Å². The minimum Gasteiger partial charge on any atom is -0.311 e. The number of hydrogen-bond acceptors (Lipinski definition) is 1. The third-order valence-corrected chi connectivity index (χ3v) is 3.23. The van der Waals surface area contributed by atoms with Gasteiger partial charge in [0.15, 0.2) is 11.6 Å². The summed E-state index contributed by atoms with van der Waals surface area (Å²) in [5.74, 6) is -1.51. The molecule has 0 aromatic heterocycles. The molecule has 0 unspecified atom stereocenters. The molecule has 1 nitrogen and oxygen atoms in total. The minimum absolute atomic E-state index is 0.531. The van der Waals surface area contributed by atoms with Crippen molar-refractivity contribution in [3.05, 3.63) is 35.4 Å². The zero-order valence-corrected chi connectivity index (χ0v) is 9.47. The molecule has 1 heterocycles. The van der Waals surface area contributed by atoms with E-state index in [-0.39, 0.29) is 0 Å². The van der Waals surface area contributed by atoms with E-state index in [1.165, 1.54) is 25.0 Å². The predicted octanol–water partition coefficient (Wildman–Crippen LogP) is 3.04. The monoisotopic (exact) mass is 225 g/mol. The highest BCUT2D eigenvalue weighted by Gasteiger charge is 2.19. The zero-order valence-electron chi connectivity index (χ0n) is 9.47. The molecule has 3 heteroatoms. The molecule has 2 atom stereocenters. The summed E-state index contributed by atoms with van der Waals surface area (Å²) in [6.45, 7) is 2.18. The molecule has 16 heavy (non-hydrogen) atoms. The third kappa shape index (κ3) is 2.79. The van der Waals surface area contributed by atoms with Crippen LogP contribution >= 0.6 is 0 Å². The largest absolute Gasteiger partial charge is 0.311 e. The van der Waals surface area contributed by atoms with Gasteiger partial charge in [-0.2, -0.15) is 0 Å². The number of benzene rings is 1. The van der Waals surface area contributed by atoms with Crippen molar-refractivity contribution < 1.29 is 8.78 Å². The molecule has 0 radical (unpaired) electrons. The van der Waals surface area contributed by atoms with E-state index in [1.807, 2.05) is 0 Å². The van der Waals surface area contributed by atoms with Gasteiger partial charge in [0.2, 0.25) is 0 Å². The second-order valence-corrected chi connectivity index (χ2v) is 4.63. The van der Waals surface area contributed by atoms with Gasteiger partial charge in [-0.05, 0) is 50.3 Å². The number of halogens is 2. The first-order valence-electron chi connectivity index (χ1n) is 5.85. The average Bonchev–Trinajstić information content (AvgIpc) is 2.66. The van der Waals surface area contributed by atoms with Gasteiger partial charge in [-0.3, -0.25) is 0 Å². The molecule has 1 fully saturated rings. The van der Waals surface area contributed by atoms with Gasteiger partial charge in [0.25, 0.3) is 0 Å². The van der Waals surface area contributed by atoms with E-state index in [0.717, 1.165) is 18.4 Å². The second-order valence-electron chi connectivity index (χ2n) is 4.63. The van der Waals surface area contributed by atoms with Crippen LogP contribution in [0.25, 0.3) is 0 Å². The van der Waals surface area contributed by atoms with Crippen molar-refractivity contribution >= 4 is 0 Å². The molecular formula is C13H17F2N. The van der Waals surface area contributed by atoms with E-state index in [9.17, 15) is 8.78 Å². The molecule has 0 spiro atoms. The molecular weight excluding hydrogens is 208 g/mol. The Hall–Kier alpha value is -0.960. The molecule has 1 aromatic carbocycles. The summed E-state index contributed by atoms with van der Waals surface area (Å²) in [5, 5.41) is 3.48. The maximum Gasteiger partial charge on any atom is 0.159 e. The third-order valence-electron chi connectivity index (χ3n) is 3.23. The van der Waals surface area contributed by atoms with Crippen molar-refractivity contribution in [2.45, 2.75) is 44.7 Å². The molecule has 1 N–H and O–H groups in total. The fourth-order valence-corrected chi connectivity index (χ4v) is 2.28. The summed E-state index contributed by atoms with van der Waals surface area (Å²) in [5.41, 5.74) is 0.875. The molecule has 1 aliphatic heterocycles. The van der Waals surface area contributed by atoms with Gasteiger partial charge in [0.1, 0.15) is 0 Å². The van der Waals surface area contributed by atoms with E-state index >= 15 is 0 Å². The second kappa shape index (κ2) is 4.91. The first-order chi connectivity index (χ1) is 7.65. The summed E-state index contributed by atoms with van der Waals surface area (Å²) in [6.07, 6.45) is 4.20. The van der Waals surface area contributed by atoms with Gasteiger partial charge in [0, 0.05) is 12.1 Å². The maximum absolute atomic E-state index is 13.0. The highest BCUT2D eigenvalue weighted by Crippen LogP contribution is 2.17. The van der Waals surface area contributed by atoms with Crippen molar-refractivity contribution in [1.29, 1.82) is 0 Å². The van der Waals surface area contributed by atoms with Crippen LogP contribution in [-0.2, 0) is 6.42 Å². The van der Waals surface area contributed by atoms with Crippen LogP contribution in [-0.4, -0.2) is 12.1 Å². The molecule has 1 saturated heterocycles. The highest BCUT2D eigenvalue weighted by atomic mass is 19.2. The van der Waals surface area contributed by atoms with Crippen LogP contribution in [0.4, 0.5) is 8.78 Å². The molecule has 88 valence electrons. The fraction of sp³-hybridized carbons (Fsp3) is 0.538. The first kappa shape index (κ1) is 11.5. The van der Waals surface area contributed by atoms with Crippen LogP contribution in [0, 0.1) is 11.6 Å². The van der Waals surface area contributed by atoms with E-state index in [0.29, 0.717) is 12.1 Å². The standard InChI is InChI=1S/C13H17F2N/c1-9-2-5-11(16-9)6-3-10-4-7-12(14)13(15)8-10/h4,7-9,11,16H,2-3,5-6H2,1H3/t9-,11-/m1/s1. The highest BCUT2D eigenvalue weighted by molar-refractivity contribution is 5.18. The molecule has 0 saturated carbocycles. The van der Waals surface area contributed by atoms with Crippen LogP contribution in [0.1, 0.15) is 31.7 Å². The lowest BCUT2D eigenvalue weighted by Crippen LogP contribution is -2.27. The summed E-state index contributed by atoms with van der Waals surface area (Å²) in [6, 6.07) is 5.29. The average molecular weight is 225 g/mol. The summed E-state index contributed by atoms with van der Waals surface area (Å²) < 4.78 is 25.7. The number of aryl methyl sites for hydroxylation is 1. The van der Waals surface area contributed by atoms with E-state index in [1.54, 1.807) is 6.07 Å². The molecule has 0 bridgehead atoms. The van der Waals surface area contributed by atoms with Crippen molar-refractivity contribution in [2.75, 3.05) is 0 Å². The Morgan fingerprint density at radius 3 is 2.69 bits per heavy atom. The SMILES string of the molecule is C[C@@H]1CC[C@H](CCc2ccc(F)c(F)c2)N1. The van der Waals surface area contributed by atoms with E-state index in [2.05, 4.69) is 12.2 Å². The van der Waals surface area contributed by atoms with Crippen LogP contribution in [0.15, 0.2) is 18.2 Å². The van der Waals surface area contributed by atoms with E-state index in [4.69, 9.17) is 0 Å². The lowest BCUT2D eigenvalue weighted by Gasteiger charge is -2.11. The summed E-state index contributed by atoms with van der Waals surface area (Å²) in [4.78, 5) is 0. The Balaban J connectivity index is 1.87. The van der Waals surface area contributed by atoms with Crippen LogP contribution in [0.5, 0.6) is 0 Å². The molecule has 1 aromatic rings. The lowest BCUT2D eigenvalue weighted by atomic mass is 10.0. The van der Waals surface area contributed by atoms with Gasteiger partial charge in [0.05, 0.1) is 0 Å². The number of hydrogen-bond donors (Lipinski definition) is 1. The topological polar surface area (TPSA) is 12.0 Å². The zero-order chi connectivity index (χ0) is 11.5. The molecule has 2 rings (SSSR count). The predicted molar refractivity (Wildman–Crippen MR) is 60.3 cm³/mol. The Kier molecular flexibility index (Phi) is 3.54. The molecule has 0 aliphatic carbocycles. The Morgan fingerprint density at radius 1 is 1.25 bits per heavy atom. The number of nitrogens with one attached hydrogen (secondary N) is 1. The Morgan fingerprint density at radius 2 is 2.06 bits per heavy atom. The minimum atomic E-state index is -0.767. The quantitative estimate of drug-likeness (QED) is 0.833. The Bertz CT molecular complexity index is 365. The summed E-state index contributed by atoms with van der Waals surface area (Å²) in [7, 11) is 0. The van der Waals surface area contributed by atoms with Crippen molar-refractivity contribution in [3.8, 4) is 0 Å². The molecule has 0 amide bonds. The van der Waals surface area contributed by atoms with Crippen molar-refractivity contribution in [3.63, 3.8) is 0 Å². The van der Waals surface area contributed by atoms with Crippen LogP contribution < -0.4 is 5.32 Å². The summed E-state index contributed by atoms with van der Waals surface area (Å²) >= 11 is 0. The smallest absolute Gasteiger partial charge is 0.159 e. The van der Waals surface area contributed by atoms with E-state index < -0.39 is 11.6 Å². The lowest BCUT2D eigenvalue weighted by molar-refractivity contribution is 0.502. The van der Waals surface area contributed by atoms with Gasteiger partial charge in [-0.25, -0.2) is 8.78 Å². The van der Waals surface area contributed by atoms with Gasteiger partial charge >= 0.3 is 0 Å². The Labute approximate surface area is 94.9 Å². The fourth-order valence-electron chi connectivity index (χ4n) is 2.28. The molecule has 1 aliphatic rings. The normalized spacial score (nSPS) is 24.9. The van der Waals surface area contributed by atoms with Crippen molar-refractivity contribution in [2.24, 2.45) is 0 Å². The number of rotatable bonds is 3. The van der Waals surface area contributed by atoms with Gasteiger partial charge in [-0.15, -0.1) is 0 Å². The first-order valence-corrected chi connectivity index (χ1v) is 5.85. The van der Waals surface area contributed by atoms with Crippen LogP contribution in [0.2, 0.25) is 0 Å².